The van der Waals surface area contributed by atoms with Gasteiger partial charge < -0.3 is 14.5 Å². The lowest BCUT2D eigenvalue weighted by Crippen LogP contribution is -2.25. The number of thioether (sulfide) groups is 1. The maximum absolute atomic E-state index is 13.3. The van der Waals surface area contributed by atoms with Crippen LogP contribution in [0.5, 0.6) is 5.75 Å². The molecule has 30 heavy (non-hydrogen) atoms. The summed E-state index contributed by atoms with van der Waals surface area (Å²) in [6, 6.07) is 22.4. The molecule has 6 heteroatoms. The first-order chi connectivity index (χ1) is 14.6. The molecule has 0 radical (unpaired) electrons. The van der Waals surface area contributed by atoms with Crippen LogP contribution in [0, 0.1) is 0 Å². The zero-order valence-electron chi connectivity index (χ0n) is 16.6. The number of hydrogen-bond acceptors (Lipinski definition) is 4. The Morgan fingerprint density at radius 3 is 2.43 bits per heavy atom. The molecule has 4 aromatic rings. The van der Waals surface area contributed by atoms with Gasteiger partial charge in [0.15, 0.2) is 0 Å². The highest BCUT2D eigenvalue weighted by atomic mass is 32.2. The van der Waals surface area contributed by atoms with Crippen molar-refractivity contribution >= 4 is 34.7 Å². The number of benzene rings is 2. The van der Waals surface area contributed by atoms with Gasteiger partial charge in [0.1, 0.15) is 11.4 Å². The Morgan fingerprint density at radius 2 is 1.70 bits per heavy atom. The van der Waals surface area contributed by atoms with Crippen LogP contribution >= 0.6 is 11.8 Å². The molecule has 0 spiro atoms. The molecule has 0 unspecified atom stereocenters. The Labute approximate surface area is 178 Å². The molecular weight excluding hydrogens is 396 g/mol. The van der Waals surface area contributed by atoms with Crippen LogP contribution in [0.4, 0.5) is 5.69 Å². The van der Waals surface area contributed by atoms with E-state index in [0.717, 1.165) is 21.7 Å². The summed E-state index contributed by atoms with van der Waals surface area (Å²) in [4.78, 5) is 27.1. The fourth-order valence-corrected chi connectivity index (χ4v) is 3.93. The van der Waals surface area contributed by atoms with Crippen LogP contribution in [-0.2, 0) is 4.79 Å². The number of nitrogens with zero attached hydrogens (tertiary/aromatic N) is 1. The number of fused-ring (bicyclic) bond motifs is 1. The largest absolute Gasteiger partial charge is 0.497 e. The predicted molar refractivity (Wildman–Crippen MR) is 121 cm³/mol. The molecule has 0 atom stereocenters. The molecule has 0 fully saturated rings. The number of amides is 1. The minimum Gasteiger partial charge on any atom is -0.497 e. The number of nitrogens with one attached hydrogen (secondary N) is 1. The van der Waals surface area contributed by atoms with E-state index in [2.05, 4.69) is 5.32 Å². The van der Waals surface area contributed by atoms with Crippen molar-refractivity contribution in [2.24, 2.45) is 0 Å². The van der Waals surface area contributed by atoms with Gasteiger partial charge in [0.2, 0.25) is 0 Å². The average Bonchev–Trinajstić information content (AvgIpc) is 3.18. The first kappa shape index (κ1) is 19.8. The van der Waals surface area contributed by atoms with Crippen LogP contribution in [0.2, 0.25) is 0 Å². The van der Waals surface area contributed by atoms with E-state index in [1.165, 1.54) is 11.8 Å². The standard InChI is InChI=1S/C24H20N2O3S/c1-29-18-12-10-16(11-13-18)19-15-17-7-5-6-14-26(17)22(19)23(27)24(28)25-20-8-3-4-9-21(20)30-2/h3-15H,1-2H3,(H,25,28). The summed E-state index contributed by atoms with van der Waals surface area (Å²) in [6.07, 6.45) is 3.72. The summed E-state index contributed by atoms with van der Waals surface area (Å²) in [6.45, 7) is 0. The van der Waals surface area contributed by atoms with E-state index in [0.29, 0.717) is 16.9 Å². The first-order valence-electron chi connectivity index (χ1n) is 9.35. The third-order valence-corrected chi connectivity index (χ3v) is 5.65. The molecule has 4 rings (SSSR count). The smallest absolute Gasteiger partial charge is 0.298 e. The van der Waals surface area contributed by atoms with Crippen LogP contribution in [0.1, 0.15) is 10.5 Å². The topological polar surface area (TPSA) is 59.8 Å². The molecule has 0 bridgehead atoms. The fraction of sp³-hybridized carbons (Fsp3) is 0.0833. The number of rotatable bonds is 6. The lowest BCUT2D eigenvalue weighted by molar-refractivity contribution is -0.112. The molecule has 0 aliphatic carbocycles. The van der Waals surface area contributed by atoms with E-state index in [9.17, 15) is 9.59 Å². The van der Waals surface area contributed by atoms with Gasteiger partial charge in [-0.25, -0.2) is 0 Å². The van der Waals surface area contributed by atoms with Crippen molar-refractivity contribution in [3.63, 3.8) is 0 Å². The first-order valence-corrected chi connectivity index (χ1v) is 10.6. The third kappa shape index (κ3) is 3.69. The minimum atomic E-state index is -0.671. The molecule has 2 aromatic heterocycles. The summed E-state index contributed by atoms with van der Waals surface area (Å²) in [5, 5.41) is 2.77. The lowest BCUT2D eigenvalue weighted by atomic mass is 10.0. The van der Waals surface area contributed by atoms with E-state index >= 15 is 0 Å². The van der Waals surface area contributed by atoms with Gasteiger partial charge in [-0.2, -0.15) is 0 Å². The zero-order chi connectivity index (χ0) is 21.1. The number of carbonyl (C=O) groups excluding carboxylic acids is 2. The summed E-state index contributed by atoms with van der Waals surface area (Å²) < 4.78 is 6.98. The van der Waals surface area contributed by atoms with Gasteiger partial charge in [-0.1, -0.05) is 30.3 Å². The van der Waals surface area contributed by atoms with Crippen LogP contribution in [0.25, 0.3) is 16.6 Å². The van der Waals surface area contributed by atoms with E-state index in [1.807, 2.05) is 73.0 Å². The Kier molecular flexibility index (Phi) is 5.59. The summed E-state index contributed by atoms with van der Waals surface area (Å²) >= 11 is 1.51. The van der Waals surface area contributed by atoms with Gasteiger partial charge in [-0.3, -0.25) is 9.59 Å². The number of pyridine rings is 1. The summed E-state index contributed by atoms with van der Waals surface area (Å²) in [7, 11) is 1.60. The van der Waals surface area contributed by atoms with Crippen molar-refractivity contribution in [3.8, 4) is 16.9 Å². The molecule has 0 saturated heterocycles. The number of aromatic nitrogens is 1. The maximum atomic E-state index is 13.3. The Balaban J connectivity index is 1.76. The normalized spacial score (nSPS) is 10.7. The maximum Gasteiger partial charge on any atom is 0.298 e. The highest BCUT2D eigenvalue weighted by Crippen LogP contribution is 2.30. The Hall–Kier alpha value is -3.51. The molecule has 1 amide bonds. The van der Waals surface area contributed by atoms with Gasteiger partial charge in [0.25, 0.3) is 11.7 Å². The SMILES string of the molecule is COc1ccc(-c2cc3ccccn3c2C(=O)C(=O)Nc2ccccc2SC)cc1. The number of carbonyl (C=O) groups is 2. The third-order valence-electron chi connectivity index (χ3n) is 4.86. The second kappa shape index (κ2) is 8.47. The van der Waals surface area contributed by atoms with Crippen molar-refractivity contribution < 1.29 is 14.3 Å². The fourth-order valence-electron chi connectivity index (χ4n) is 3.38. The molecular formula is C24H20N2O3S. The van der Waals surface area contributed by atoms with Crippen molar-refractivity contribution in [2.75, 3.05) is 18.7 Å². The van der Waals surface area contributed by atoms with Crippen LogP contribution in [0.15, 0.2) is 83.9 Å². The van der Waals surface area contributed by atoms with Crippen molar-refractivity contribution in [2.45, 2.75) is 4.90 Å². The summed E-state index contributed by atoms with van der Waals surface area (Å²) in [5.41, 5.74) is 3.32. The van der Waals surface area contributed by atoms with Gasteiger partial charge in [-0.15, -0.1) is 11.8 Å². The van der Waals surface area contributed by atoms with Gasteiger partial charge >= 0.3 is 0 Å². The van der Waals surface area contributed by atoms with Crippen molar-refractivity contribution in [1.29, 1.82) is 0 Å². The average molecular weight is 417 g/mol. The molecule has 2 aromatic carbocycles. The van der Waals surface area contributed by atoms with Crippen LogP contribution < -0.4 is 10.1 Å². The molecule has 0 aliphatic rings. The van der Waals surface area contributed by atoms with E-state index in [-0.39, 0.29) is 0 Å². The predicted octanol–water partition coefficient (Wildman–Crippen LogP) is 5.16. The molecule has 0 aliphatic heterocycles. The van der Waals surface area contributed by atoms with Crippen molar-refractivity contribution in [3.05, 3.63) is 84.7 Å². The van der Waals surface area contributed by atoms with E-state index < -0.39 is 11.7 Å². The number of para-hydroxylation sites is 1. The number of anilines is 1. The quantitative estimate of drug-likeness (QED) is 0.268. The highest BCUT2D eigenvalue weighted by Gasteiger charge is 2.25. The Bertz CT molecular complexity index is 1230. The molecule has 0 saturated carbocycles. The van der Waals surface area contributed by atoms with Gasteiger partial charge in [0, 0.05) is 22.2 Å². The molecule has 150 valence electrons. The highest BCUT2D eigenvalue weighted by molar-refractivity contribution is 7.98. The zero-order valence-corrected chi connectivity index (χ0v) is 17.4. The second-order valence-corrected chi connectivity index (χ2v) is 7.46. The number of ketones is 1. The van der Waals surface area contributed by atoms with E-state index in [4.69, 9.17) is 4.74 Å². The Morgan fingerprint density at radius 1 is 0.967 bits per heavy atom. The van der Waals surface area contributed by atoms with Gasteiger partial charge in [-0.05, 0) is 54.3 Å². The van der Waals surface area contributed by atoms with Crippen LogP contribution in [0.3, 0.4) is 0 Å². The number of methoxy groups -OCH3 is 1. The lowest BCUT2D eigenvalue weighted by Gasteiger charge is -2.10. The van der Waals surface area contributed by atoms with Gasteiger partial charge in [0.05, 0.1) is 12.8 Å². The van der Waals surface area contributed by atoms with E-state index in [1.54, 1.807) is 23.8 Å². The number of hydrogen-bond donors (Lipinski definition) is 1. The molecule has 1 N–H and O–H groups in total. The van der Waals surface area contributed by atoms with Crippen molar-refractivity contribution in [1.82, 2.24) is 4.40 Å². The number of ether oxygens (including phenoxy) is 1. The number of Topliss-reactive ketones (excluding diaryl/α,β-unsaturated/α-hetero) is 1. The molecule has 5 nitrogen and oxygen atoms in total. The minimum absolute atomic E-state index is 0.329. The summed E-state index contributed by atoms with van der Waals surface area (Å²) in [5.74, 6) is -0.542. The second-order valence-electron chi connectivity index (χ2n) is 6.61. The molecule has 2 heterocycles. The van der Waals surface area contributed by atoms with Crippen LogP contribution in [-0.4, -0.2) is 29.5 Å². The monoisotopic (exact) mass is 416 g/mol.